The van der Waals surface area contributed by atoms with Crippen molar-refractivity contribution in [3.63, 3.8) is 0 Å². The number of carbonyl (C=O) groups is 1. The average Bonchev–Trinajstić information content (AvgIpc) is 3.17. The molecule has 218 valence electrons. The summed E-state index contributed by atoms with van der Waals surface area (Å²) in [6.45, 7) is 16.1. The van der Waals surface area contributed by atoms with E-state index in [1.54, 1.807) is 18.4 Å². The van der Waals surface area contributed by atoms with Gasteiger partial charge in [-0.3, -0.25) is 9.36 Å². The molecule has 1 aliphatic rings. The smallest absolute Gasteiger partial charge is 0.338 e. The van der Waals surface area contributed by atoms with E-state index >= 15 is 0 Å². The second-order valence-electron chi connectivity index (χ2n) is 12.8. The molecular formula is C33H41N3O4S. The van der Waals surface area contributed by atoms with Crippen LogP contribution in [-0.2, 0) is 20.4 Å². The number of nitrogens with zero attached hydrogens (tertiary/aromatic N) is 3. The Hall–Kier alpha value is -3.65. The summed E-state index contributed by atoms with van der Waals surface area (Å²) >= 11 is 1.30. The van der Waals surface area contributed by atoms with Gasteiger partial charge in [0.2, 0.25) is 0 Å². The van der Waals surface area contributed by atoms with Crippen LogP contribution in [0.4, 0.5) is 5.69 Å². The number of phenolic OH excluding ortho intramolecular Hbond substituents is 1. The van der Waals surface area contributed by atoms with E-state index in [2.05, 4.69) is 41.5 Å². The number of hydrogen-bond donors (Lipinski definition) is 1. The fourth-order valence-electron chi connectivity index (χ4n) is 5.10. The molecule has 4 rings (SSSR count). The number of benzene rings is 2. The Kier molecular flexibility index (Phi) is 8.11. The van der Waals surface area contributed by atoms with Gasteiger partial charge in [0.15, 0.2) is 4.80 Å². The molecule has 3 aromatic rings. The fourth-order valence-corrected chi connectivity index (χ4v) is 6.14. The predicted octanol–water partition coefficient (Wildman–Crippen LogP) is 5.16. The van der Waals surface area contributed by atoms with Gasteiger partial charge in [-0.15, -0.1) is 0 Å². The fraction of sp³-hybridized carbons (Fsp3) is 0.424. The largest absolute Gasteiger partial charge is 0.507 e. The Bertz CT molecular complexity index is 1660. The second kappa shape index (κ2) is 11.0. The first kappa shape index (κ1) is 30.3. The summed E-state index contributed by atoms with van der Waals surface area (Å²) < 4.78 is 7.52. The number of fused-ring (bicyclic) bond motifs is 1. The van der Waals surface area contributed by atoms with Gasteiger partial charge < -0.3 is 14.7 Å². The zero-order valence-electron chi connectivity index (χ0n) is 25.7. The van der Waals surface area contributed by atoms with Crippen LogP contribution in [0.15, 0.2) is 57.5 Å². The molecule has 0 saturated carbocycles. The van der Waals surface area contributed by atoms with Crippen LogP contribution >= 0.6 is 11.3 Å². The molecule has 0 bridgehead atoms. The molecule has 41 heavy (non-hydrogen) atoms. The lowest BCUT2D eigenvalue weighted by molar-refractivity contribution is -0.139. The lowest BCUT2D eigenvalue weighted by Crippen LogP contribution is -2.40. The number of allylic oxidation sites excluding steroid dienone is 1. The van der Waals surface area contributed by atoms with Crippen LogP contribution in [0.1, 0.15) is 83.7 Å². The van der Waals surface area contributed by atoms with Crippen LogP contribution in [-0.4, -0.2) is 36.3 Å². The Labute approximate surface area is 246 Å². The van der Waals surface area contributed by atoms with Gasteiger partial charge in [-0.25, -0.2) is 9.79 Å². The average molecular weight is 576 g/mol. The molecule has 1 atom stereocenters. The van der Waals surface area contributed by atoms with Crippen molar-refractivity contribution in [3.8, 4) is 5.75 Å². The first-order chi connectivity index (χ1) is 19.0. The summed E-state index contributed by atoms with van der Waals surface area (Å²) in [5.41, 5.74) is 4.35. The van der Waals surface area contributed by atoms with E-state index < -0.39 is 12.0 Å². The third-order valence-corrected chi connectivity index (χ3v) is 8.27. The number of esters is 1. The highest BCUT2D eigenvalue weighted by Crippen LogP contribution is 2.40. The molecule has 0 fully saturated rings. The molecular weight excluding hydrogens is 534 g/mol. The molecule has 0 unspecified atom stereocenters. The van der Waals surface area contributed by atoms with Crippen molar-refractivity contribution in [2.75, 3.05) is 25.6 Å². The zero-order valence-corrected chi connectivity index (χ0v) is 26.6. The van der Waals surface area contributed by atoms with Gasteiger partial charge in [-0.1, -0.05) is 65.0 Å². The van der Waals surface area contributed by atoms with E-state index in [0.717, 1.165) is 27.9 Å². The van der Waals surface area contributed by atoms with Gasteiger partial charge in [0.05, 0.1) is 28.5 Å². The topological polar surface area (TPSA) is 84.1 Å². The van der Waals surface area contributed by atoms with Gasteiger partial charge in [0, 0.05) is 30.9 Å². The molecule has 1 aliphatic heterocycles. The van der Waals surface area contributed by atoms with Crippen LogP contribution in [0.5, 0.6) is 5.75 Å². The minimum absolute atomic E-state index is 0.222. The summed E-state index contributed by atoms with van der Waals surface area (Å²) in [5.74, 6) is -0.188. The number of rotatable bonds is 5. The molecule has 0 aliphatic carbocycles. The Morgan fingerprint density at radius 3 is 2.12 bits per heavy atom. The summed E-state index contributed by atoms with van der Waals surface area (Å²) in [6.07, 6.45) is 1.86. The second-order valence-corrected chi connectivity index (χ2v) is 13.8. The maximum absolute atomic E-state index is 14.1. The molecule has 7 nitrogen and oxygen atoms in total. The molecule has 2 heterocycles. The Morgan fingerprint density at radius 2 is 1.63 bits per heavy atom. The number of anilines is 1. The SMILES string of the molecule is CCOC(=O)C1=C(C)N=c2s/c(=C\c3cc(C(C)(C)C)c(O)c(C(C)(C)C)c3)c(=O)n2[C@@H]1c1ccc(N(C)C)cc1. The van der Waals surface area contributed by atoms with E-state index in [-0.39, 0.29) is 23.0 Å². The number of carbonyl (C=O) groups excluding carboxylic acids is 1. The van der Waals surface area contributed by atoms with Crippen LogP contribution in [0.25, 0.3) is 6.08 Å². The summed E-state index contributed by atoms with van der Waals surface area (Å²) in [4.78, 5) is 34.5. The van der Waals surface area contributed by atoms with Crippen molar-refractivity contribution in [1.82, 2.24) is 4.57 Å². The first-order valence-corrected chi connectivity index (χ1v) is 14.7. The quantitative estimate of drug-likeness (QED) is 0.425. The van der Waals surface area contributed by atoms with Crippen LogP contribution in [0.2, 0.25) is 0 Å². The minimum atomic E-state index is -0.668. The third kappa shape index (κ3) is 5.89. The highest BCUT2D eigenvalue weighted by atomic mass is 32.1. The third-order valence-electron chi connectivity index (χ3n) is 7.29. The molecule has 0 saturated heterocycles. The highest BCUT2D eigenvalue weighted by Gasteiger charge is 2.33. The highest BCUT2D eigenvalue weighted by molar-refractivity contribution is 7.07. The Morgan fingerprint density at radius 1 is 1.07 bits per heavy atom. The maximum atomic E-state index is 14.1. The lowest BCUT2D eigenvalue weighted by Gasteiger charge is -2.27. The van der Waals surface area contributed by atoms with Crippen LogP contribution in [0.3, 0.4) is 0 Å². The number of hydrogen-bond acceptors (Lipinski definition) is 7. The van der Waals surface area contributed by atoms with Crippen molar-refractivity contribution in [2.45, 2.75) is 72.3 Å². The van der Waals surface area contributed by atoms with Gasteiger partial charge >= 0.3 is 5.97 Å². The van der Waals surface area contributed by atoms with Crippen molar-refractivity contribution in [1.29, 1.82) is 0 Å². The lowest BCUT2D eigenvalue weighted by atomic mass is 9.78. The van der Waals surface area contributed by atoms with Gasteiger partial charge in [-0.2, -0.15) is 0 Å². The maximum Gasteiger partial charge on any atom is 0.338 e. The predicted molar refractivity (Wildman–Crippen MR) is 167 cm³/mol. The van der Waals surface area contributed by atoms with E-state index in [0.29, 0.717) is 26.4 Å². The summed E-state index contributed by atoms with van der Waals surface area (Å²) in [5, 5.41) is 11.2. The van der Waals surface area contributed by atoms with E-state index in [1.165, 1.54) is 11.3 Å². The van der Waals surface area contributed by atoms with E-state index in [9.17, 15) is 14.7 Å². The van der Waals surface area contributed by atoms with Crippen molar-refractivity contribution >= 4 is 29.1 Å². The van der Waals surface area contributed by atoms with Crippen molar-refractivity contribution < 1.29 is 14.6 Å². The molecule has 2 aromatic carbocycles. The van der Waals surface area contributed by atoms with Crippen molar-refractivity contribution in [3.05, 3.63) is 89.6 Å². The molecule has 1 aromatic heterocycles. The number of phenols is 1. The van der Waals surface area contributed by atoms with Gasteiger partial charge in [-0.05, 0) is 66.1 Å². The molecule has 0 amide bonds. The minimum Gasteiger partial charge on any atom is -0.507 e. The number of ether oxygens (including phenoxy) is 1. The molecule has 0 radical (unpaired) electrons. The van der Waals surface area contributed by atoms with Gasteiger partial charge in [0.1, 0.15) is 5.75 Å². The van der Waals surface area contributed by atoms with Crippen LogP contribution in [0, 0.1) is 0 Å². The number of aromatic nitrogens is 1. The summed E-state index contributed by atoms with van der Waals surface area (Å²) in [6, 6.07) is 11.1. The number of thiazole rings is 1. The Balaban J connectivity index is 1.98. The normalized spacial score (nSPS) is 16.0. The standard InChI is InChI=1S/C33H41N3O4S/c1-11-40-30(39)26-19(2)34-31-36(27(26)21-12-14-22(15-13-21)35(9)10)29(38)25(41-31)18-20-16-23(32(3,4)5)28(37)24(17-20)33(6,7)8/h12-18,27,37H,11H2,1-10H3/b25-18-/t27-/m1/s1. The van der Waals surface area contributed by atoms with E-state index in [1.807, 2.05) is 61.5 Å². The zero-order chi connectivity index (χ0) is 30.4. The molecule has 1 N–H and O–H groups in total. The number of aromatic hydroxyl groups is 1. The van der Waals surface area contributed by atoms with E-state index in [4.69, 9.17) is 9.73 Å². The molecule has 0 spiro atoms. The van der Waals surface area contributed by atoms with Crippen molar-refractivity contribution in [2.24, 2.45) is 4.99 Å². The summed E-state index contributed by atoms with van der Waals surface area (Å²) in [7, 11) is 3.93. The monoisotopic (exact) mass is 575 g/mol. The van der Waals surface area contributed by atoms with Crippen LogP contribution < -0.4 is 19.8 Å². The molecule has 8 heteroatoms. The van der Waals surface area contributed by atoms with Gasteiger partial charge in [0.25, 0.3) is 5.56 Å². The first-order valence-electron chi connectivity index (χ1n) is 13.9.